The number of aliphatic imine (C=N–C) groups is 1. The molecule has 6 heteroatoms. The average Bonchev–Trinajstić information content (AvgIpc) is 3.02. The number of esters is 1. The second-order valence-electron chi connectivity index (χ2n) is 6.51. The van der Waals surface area contributed by atoms with E-state index in [9.17, 15) is 14.7 Å². The number of hydrogen-bond donors (Lipinski definition) is 1. The van der Waals surface area contributed by atoms with E-state index in [2.05, 4.69) is 4.99 Å². The lowest BCUT2D eigenvalue weighted by atomic mass is 9.96. The van der Waals surface area contributed by atoms with Crippen LogP contribution in [0.3, 0.4) is 0 Å². The maximum atomic E-state index is 13.2. The summed E-state index contributed by atoms with van der Waals surface area (Å²) in [5, 5.41) is 11.7. The number of benzene rings is 3. The molecule has 6 nitrogen and oxygen atoms in total. The van der Waals surface area contributed by atoms with E-state index in [0.29, 0.717) is 22.7 Å². The maximum absolute atomic E-state index is 13.2. The molecule has 28 heavy (non-hydrogen) atoms. The van der Waals surface area contributed by atoms with Gasteiger partial charge in [-0.2, -0.15) is 0 Å². The SMILES string of the molecule is O=C1C2=Nc3ccccc3C(O)(C(=O)Oc3ccccc3)N2c2ccccc21. The third kappa shape index (κ3) is 2.15. The van der Waals surface area contributed by atoms with Crippen molar-refractivity contribution in [2.75, 3.05) is 4.90 Å². The minimum atomic E-state index is -2.23. The Morgan fingerprint density at radius 3 is 2.43 bits per heavy atom. The Balaban J connectivity index is 1.71. The molecule has 5 rings (SSSR count). The second kappa shape index (κ2) is 5.87. The van der Waals surface area contributed by atoms with Gasteiger partial charge in [0.1, 0.15) is 5.75 Å². The molecule has 0 saturated heterocycles. The molecular formula is C22H14N2O4. The zero-order valence-electron chi connectivity index (χ0n) is 14.6. The first-order chi connectivity index (χ1) is 13.6. The number of amidine groups is 1. The average molecular weight is 370 g/mol. The predicted octanol–water partition coefficient (Wildman–Crippen LogP) is 3.18. The van der Waals surface area contributed by atoms with Crippen LogP contribution in [0.4, 0.5) is 11.4 Å². The monoisotopic (exact) mass is 370 g/mol. The van der Waals surface area contributed by atoms with Gasteiger partial charge in [0.15, 0.2) is 5.84 Å². The lowest BCUT2D eigenvalue weighted by Crippen LogP contribution is -2.57. The fourth-order valence-electron chi connectivity index (χ4n) is 3.59. The molecule has 2 aliphatic rings. The van der Waals surface area contributed by atoms with Gasteiger partial charge in [-0.1, -0.05) is 48.5 Å². The summed E-state index contributed by atoms with van der Waals surface area (Å²) in [5.41, 5.74) is -0.842. The Labute approximate surface area is 160 Å². The van der Waals surface area contributed by atoms with Crippen molar-refractivity contribution in [2.45, 2.75) is 5.72 Å². The number of Topliss-reactive ketones (excluding diaryl/α,β-unsaturated/α-hetero) is 1. The number of ketones is 1. The summed E-state index contributed by atoms with van der Waals surface area (Å²) in [6.07, 6.45) is 0. The summed E-state index contributed by atoms with van der Waals surface area (Å²) < 4.78 is 5.48. The number of ether oxygens (including phenoxy) is 1. The van der Waals surface area contributed by atoms with Crippen LogP contribution in [-0.4, -0.2) is 22.7 Å². The Hall–Kier alpha value is -3.77. The number of fused-ring (bicyclic) bond motifs is 4. The van der Waals surface area contributed by atoms with Gasteiger partial charge in [-0.25, -0.2) is 9.79 Å². The van der Waals surface area contributed by atoms with Gasteiger partial charge in [0.2, 0.25) is 5.78 Å². The Bertz CT molecular complexity index is 1160. The second-order valence-corrected chi connectivity index (χ2v) is 6.51. The van der Waals surface area contributed by atoms with E-state index < -0.39 is 11.7 Å². The van der Waals surface area contributed by atoms with Crippen LogP contribution in [0.2, 0.25) is 0 Å². The molecule has 136 valence electrons. The lowest BCUT2D eigenvalue weighted by Gasteiger charge is -2.39. The molecule has 0 radical (unpaired) electrons. The molecule has 0 spiro atoms. The number of anilines is 1. The zero-order chi connectivity index (χ0) is 19.3. The van der Waals surface area contributed by atoms with Crippen molar-refractivity contribution < 1.29 is 19.4 Å². The first-order valence-electron chi connectivity index (χ1n) is 8.72. The van der Waals surface area contributed by atoms with E-state index in [1.807, 2.05) is 0 Å². The van der Waals surface area contributed by atoms with Crippen molar-refractivity contribution in [3.05, 3.63) is 90.0 Å². The van der Waals surface area contributed by atoms with Gasteiger partial charge in [0, 0.05) is 11.1 Å². The molecule has 1 N–H and O–H groups in total. The summed E-state index contributed by atoms with van der Waals surface area (Å²) in [6.45, 7) is 0. The lowest BCUT2D eigenvalue weighted by molar-refractivity contribution is -0.155. The number of carbonyl (C=O) groups excluding carboxylic acids is 2. The van der Waals surface area contributed by atoms with Crippen LogP contribution >= 0.6 is 0 Å². The zero-order valence-corrected chi connectivity index (χ0v) is 14.6. The minimum absolute atomic E-state index is 0.00703. The summed E-state index contributed by atoms with van der Waals surface area (Å²) in [4.78, 5) is 31.8. The first kappa shape index (κ1) is 16.4. The van der Waals surface area contributed by atoms with Crippen molar-refractivity contribution in [1.29, 1.82) is 0 Å². The summed E-state index contributed by atoms with van der Waals surface area (Å²) in [6, 6.07) is 21.9. The highest BCUT2D eigenvalue weighted by Gasteiger charge is 2.56. The van der Waals surface area contributed by atoms with Gasteiger partial charge in [-0.15, -0.1) is 0 Å². The van der Waals surface area contributed by atoms with Crippen molar-refractivity contribution >= 4 is 29.0 Å². The molecule has 2 aliphatic heterocycles. The summed E-state index contributed by atoms with van der Waals surface area (Å²) in [5.74, 6) is -0.979. The summed E-state index contributed by atoms with van der Waals surface area (Å²) in [7, 11) is 0. The number of aliphatic hydroxyl groups is 1. The molecule has 2 heterocycles. The number of rotatable bonds is 2. The summed E-state index contributed by atoms with van der Waals surface area (Å²) >= 11 is 0. The minimum Gasteiger partial charge on any atom is -0.423 e. The largest absolute Gasteiger partial charge is 0.423 e. The maximum Gasteiger partial charge on any atom is 0.370 e. The van der Waals surface area contributed by atoms with Gasteiger partial charge < -0.3 is 9.84 Å². The highest BCUT2D eigenvalue weighted by atomic mass is 16.6. The number of carbonyl (C=O) groups is 2. The highest BCUT2D eigenvalue weighted by molar-refractivity contribution is 6.55. The van der Waals surface area contributed by atoms with Gasteiger partial charge >= 0.3 is 5.97 Å². The standard InChI is InChI=1S/C22H14N2O4/c25-19-15-10-4-7-13-18(15)24-20(19)23-17-12-6-5-11-16(17)22(24,27)21(26)28-14-8-2-1-3-9-14/h1-13,27H. The molecule has 0 amide bonds. The van der Waals surface area contributed by atoms with Gasteiger partial charge in [0.25, 0.3) is 5.72 Å². The van der Waals surface area contributed by atoms with Crippen LogP contribution in [0, 0.1) is 0 Å². The van der Waals surface area contributed by atoms with Crippen LogP contribution in [0.15, 0.2) is 83.9 Å². The Morgan fingerprint density at radius 2 is 1.61 bits per heavy atom. The third-order valence-corrected chi connectivity index (χ3v) is 4.87. The van der Waals surface area contributed by atoms with Crippen LogP contribution in [-0.2, 0) is 10.5 Å². The molecule has 0 bridgehead atoms. The molecule has 0 aromatic heterocycles. The topological polar surface area (TPSA) is 79.2 Å². The molecule has 0 fully saturated rings. The normalized spacial score (nSPS) is 19.4. The Morgan fingerprint density at radius 1 is 0.929 bits per heavy atom. The van der Waals surface area contributed by atoms with Crippen molar-refractivity contribution in [3.63, 3.8) is 0 Å². The van der Waals surface area contributed by atoms with Crippen LogP contribution in [0.5, 0.6) is 5.75 Å². The molecule has 0 saturated carbocycles. The smallest absolute Gasteiger partial charge is 0.370 e. The third-order valence-electron chi connectivity index (χ3n) is 4.87. The highest BCUT2D eigenvalue weighted by Crippen LogP contribution is 2.46. The molecule has 1 unspecified atom stereocenters. The molecule has 1 atom stereocenters. The van der Waals surface area contributed by atoms with Crippen LogP contribution in [0.1, 0.15) is 15.9 Å². The number of hydrogen-bond acceptors (Lipinski definition) is 6. The van der Waals surface area contributed by atoms with Crippen LogP contribution < -0.4 is 9.64 Å². The van der Waals surface area contributed by atoms with E-state index in [1.54, 1.807) is 78.9 Å². The van der Waals surface area contributed by atoms with E-state index in [4.69, 9.17) is 4.74 Å². The predicted molar refractivity (Wildman–Crippen MR) is 103 cm³/mol. The van der Waals surface area contributed by atoms with Gasteiger partial charge in [-0.3, -0.25) is 9.69 Å². The Kier molecular flexibility index (Phi) is 3.44. The van der Waals surface area contributed by atoms with E-state index >= 15 is 0 Å². The molecular weight excluding hydrogens is 356 g/mol. The number of nitrogens with zero attached hydrogens (tertiary/aromatic N) is 2. The van der Waals surface area contributed by atoms with Crippen molar-refractivity contribution in [1.82, 2.24) is 0 Å². The van der Waals surface area contributed by atoms with Gasteiger partial charge in [-0.05, 0) is 30.3 Å². The number of para-hydroxylation sites is 3. The molecule has 3 aromatic rings. The van der Waals surface area contributed by atoms with E-state index in [0.717, 1.165) is 0 Å². The molecule has 0 aliphatic carbocycles. The van der Waals surface area contributed by atoms with E-state index in [-0.39, 0.29) is 17.2 Å². The van der Waals surface area contributed by atoms with E-state index in [1.165, 1.54) is 4.90 Å². The van der Waals surface area contributed by atoms with Crippen molar-refractivity contribution in [2.24, 2.45) is 4.99 Å². The fraction of sp³-hybridized carbons (Fsp3) is 0.0455. The van der Waals surface area contributed by atoms with Gasteiger partial charge in [0.05, 0.1) is 11.4 Å². The fourth-order valence-corrected chi connectivity index (χ4v) is 3.59. The quantitative estimate of drug-likeness (QED) is 0.554. The van der Waals surface area contributed by atoms with Crippen LogP contribution in [0.25, 0.3) is 0 Å². The molecule has 3 aromatic carbocycles. The first-order valence-corrected chi connectivity index (χ1v) is 8.72. The van der Waals surface area contributed by atoms with Crippen molar-refractivity contribution in [3.8, 4) is 5.75 Å².